The van der Waals surface area contributed by atoms with E-state index in [1.807, 2.05) is 18.7 Å². The first-order chi connectivity index (χ1) is 9.86. The van der Waals surface area contributed by atoms with Gasteiger partial charge in [-0.25, -0.2) is 4.98 Å². The molecule has 1 saturated heterocycles. The van der Waals surface area contributed by atoms with Crippen molar-refractivity contribution < 1.29 is 14.9 Å². The third-order valence-corrected chi connectivity index (χ3v) is 3.35. The van der Waals surface area contributed by atoms with Gasteiger partial charge in [-0.05, 0) is 13.8 Å². The molecule has 0 atom stereocenters. The number of rotatable bonds is 3. The zero-order valence-corrected chi connectivity index (χ0v) is 11.8. The minimum absolute atomic E-state index is 0.216. The maximum atomic E-state index is 10.9. The molecule has 0 radical (unpaired) electrons. The van der Waals surface area contributed by atoms with Gasteiger partial charge in [0.05, 0.1) is 29.2 Å². The van der Waals surface area contributed by atoms with Crippen LogP contribution in [0.2, 0.25) is 0 Å². The van der Waals surface area contributed by atoms with Gasteiger partial charge in [-0.3, -0.25) is 10.1 Å². The second-order valence-electron chi connectivity index (χ2n) is 5.32. The lowest BCUT2D eigenvalue weighted by atomic mass is 10.0. The standard InChI is InChI=1S/C12H17N5O4/c1-12(2)7-21-4-3-16(12)11-9(10(13)15-18)5-8(6-14-11)17(19)20/h5-6,18H,3-4,7H2,1-2H3,(H2,13,15). The van der Waals surface area contributed by atoms with Crippen molar-refractivity contribution in [1.29, 1.82) is 0 Å². The highest BCUT2D eigenvalue weighted by atomic mass is 16.6. The predicted molar refractivity (Wildman–Crippen MR) is 75.6 cm³/mol. The van der Waals surface area contributed by atoms with Gasteiger partial charge in [0.1, 0.15) is 12.0 Å². The predicted octanol–water partition coefficient (Wildman–Crippen LogP) is 0.700. The summed E-state index contributed by atoms with van der Waals surface area (Å²) in [6.45, 7) is 5.49. The lowest BCUT2D eigenvalue weighted by Crippen LogP contribution is -2.54. The van der Waals surface area contributed by atoms with Crippen LogP contribution < -0.4 is 10.6 Å². The van der Waals surface area contributed by atoms with E-state index in [0.717, 1.165) is 6.20 Å². The normalized spacial score (nSPS) is 18.6. The number of ether oxygens (including phenoxy) is 1. The Labute approximate surface area is 121 Å². The summed E-state index contributed by atoms with van der Waals surface area (Å²) in [5.74, 6) is 0.215. The van der Waals surface area contributed by atoms with E-state index in [1.54, 1.807) is 0 Å². The Morgan fingerprint density at radius 3 is 2.95 bits per heavy atom. The van der Waals surface area contributed by atoms with Gasteiger partial charge in [-0.1, -0.05) is 5.16 Å². The summed E-state index contributed by atoms with van der Waals surface area (Å²) in [5.41, 5.74) is 5.29. The van der Waals surface area contributed by atoms with Crippen LogP contribution in [0, 0.1) is 10.1 Å². The molecule has 0 aromatic carbocycles. The topological polar surface area (TPSA) is 127 Å². The number of oxime groups is 1. The molecule has 2 rings (SSSR count). The van der Waals surface area contributed by atoms with Crippen molar-refractivity contribution >= 4 is 17.3 Å². The third kappa shape index (κ3) is 2.87. The number of aromatic nitrogens is 1. The molecule has 9 nitrogen and oxygen atoms in total. The highest BCUT2D eigenvalue weighted by molar-refractivity contribution is 6.02. The molecule has 0 aliphatic carbocycles. The average Bonchev–Trinajstić information content (AvgIpc) is 2.45. The Morgan fingerprint density at radius 1 is 1.67 bits per heavy atom. The van der Waals surface area contributed by atoms with Crippen LogP contribution in [0.5, 0.6) is 0 Å². The van der Waals surface area contributed by atoms with E-state index in [0.29, 0.717) is 25.6 Å². The minimum Gasteiger partial charge on any atom is -0.409 e. The molecule has 1 aromatic rings. The van der Waals surface area contributed by atoms with E-state index in [4.69, 9.17) is 15.7 Å². The largest absolute Gasteiger partial charge is 0.409 e. The number of pyridine rings is 1. The summed E-state index contributed by atoms with van der Waals surface area (Å²) in [5, 5.41) is 22.7. The summed E-state index contributed by atoms with van der Waals surface area (Å²) in [6, 6.07) is 1.25. The van der Waals surface area contributed by atoms with Gasteiger partial charge in [0.2, 0.25) is 0 Å². The fourth-order valence-electron chi connectivity index (χ4n) is 2.25. The lowest BCUT2D eigenvalue weighted by Gasteiger charge is -2.43. The number of nitrogens with zero attached hydrogens (tertiary/aromatic N) is 4. The Balaban J connectivity index is 2.54. The zero-order chi connectivity index (χ0) is 15.6. The maximum Gasteiger partial charge on any atom is 0.288 e. The smallest absolute Gasteiger partial charge is 0.288 e. The number of nitro groups is 1. The average molecular weight is 295 g/mol. The van der Waals surface area contributed by atoms with E-state index >= 15 is 0 Å². The fraction of sp³-hybridized carbons (Fsp3) is 0.500. The number of morpholine rings is 1. The van der Waals surface area contributed by atoms with Crippen molar-refractivity contribution in [3.8, 4) is 0 Å². The molecule has 0 bridgehead atoms. The zero-order valence-electron chi connectivity index (χ0n) is 11.8. The molecule has 21 heavy (non-hydrogen) atoms. The highest BCUT2D eigenvalue weighted by Gasteiger charge is 2.34. The molecule has 9 heteroatoms. The molecule has 1 aliphatic heterocycles. The van der Waals surface area contributed by atoms with Crippen molar-refractivity contribution in [2.75, 3.05) is 24.7 Å². The summed E-state index contributed by atoms with van der Waals surface area (Å²) < 4.78 is 5.44. The number of hydrogen-bond acceptors (Lipinski definition) is 7. The minimum atomic E-state index is -0.574. The van der Waals surface area contributed by atoms with E-state index < -0.39 is 4.92 Å². The lowest BCUT2D eigenvalue weighted by molar-refractivity contribution is -0.385. The monoisotopic (exact) mass is 295 g/mol. The molecule has 3 N–H and O–H groups in total. The molecule has 2 heterocycles. The van der Waals surface area contributed by atoms with Gasteiger partial charge in [0.25, 0.3) is 5.69 Å². The summed E-state index contributed by atoms with van der Waals surface area (Å²) in [6.07, 6.45) is 1.16. The van der Waals surface area contributed by atoms with Crippen molar-refractivity contribution in [3.63, 3.8) is 0 Å². The number of hydrogen-bond donors (Lipinski definition) is 2. The van der Waals surface area contributed by atoms with Gasteiger partial charge in [0, 0.05) is 12.6 Å². The number of amidine groups is 1. The molecule has 0 unspecified atom stereocenters. The van der Waals surface area contributed by atoms with Gasteiger partial charge in [-0.15, -0.1) is 0 Å². The first kappa shape index (κ1) is 15.0. The number of anilines is 1. The van der Waals surface area contributed by atoms with Gasteiger partial charge in [0.15, 0.2) is 5.84 Å². The Morgan fingerprint density at radius 2 is 2.38 bits per heavy atom. The molecule has 1 aromatic heterocycles. The van der Waals surface area contributed by atoms with Crippen molar-refractivity contribution in [3.05, 3.63) is 27.9 Å². The second kappa shape index (κ2) is 5.52. The van der Waals surface area contributed by atoms with Crippen molar-refractivity contribution in [2.24, 2.45) is 10.9 Å². The Kier molecular flexibility index (Phi) is 3.94. The van der Waals surface area contributed by atoms with Crippen LogP contribution in [0.3, 0.4) is 0 Å². The molecular formula is C12H17N5O4. The fourth-order valence-corrected chi connectivity index (χ4v) is 2.25. The molecule has 1 fully saturated rings. The van der Waals surface area contributed by atoms with Crippen LogP contribution in [0.1, 0.15) is 19.4 Å². The summed E-state index contributed by atoms with van der Waals surface area (Å²) >= 11 is 0. The van der Waals surface area contributed by atoms with E-state index in [9.17, 15) is 10.1 Å². The van der Waals surface area contributed by atoms with Gasteiger partial charge >= 0.3 is 0 Å². The Hall–Kier alpha value is -2.42. The van der Waals surface area contributed by atoms with Crippen molar-refractivity contribution in [2.45, 2.75) is 19.4 Å². The van der Waals surface area contributed by atoms with E-state index in [1.165, 1.54) is 6.07 Å². The maximum absolute atomic E-state index is 10.9. The first-order valence-electron chi connectivity index (χ1n) is 6.34. The molecule has 1 aliphatic rings. The quantitative estimate of drug-likeness (QED) is 0.276. The highest BCUT2D eigenvalue weighted by Crippen LogP contribution is 2.30. The van der Waals surface area contributed by atoms with Crippen LogP contribution in [0.4, 0.5) is 11.5 Å². The summed E-state index contributed by atoms with van der Waals surface area (Å²) in [7, 11) is 0. The van der Waals surface area contributed by atoms with E-state index in [-0.39, 0.29) is 22.6 Å². The molecule has 0 spiro atoms. The SMILES string of the molecule is CC1(C)COCCN1c1ncc([N+](=O)[O-])cc1C(N)=NO. The van der Waals surface area contributed by atoms with E-state index in [2.05, 4.69) is 10.1 Å². The third-order valence-electron chi connectivity index (χ3n) is 3.35. The summed E-state index contributed by atoms with van der Waals surface area (Å²) in [4.78, 5) is 16.4. The van der Waals surface area contributed by atoms with Gasteiger partial charge < -0.3 is 20.6 Å². The van der Waals surface area contributed by atoms with Crippen molar-refractivity contribution in [1.82, 2.24) is 4.98 Å². The van der Waals surface area contributed by atoms with Crippen LogP contribution in [-0.2, 0) is 4.74 Å². The first-order valence-corrected chi connectivity index (χ1v) is 6.34. The van der Waals surface area contributed by atoms with Gasteiger partial charge in [-0.2, -0.15) is 0 Å². The molecule has 0 amide bonds. The molecule has 114 valence electrons. The van der Waals surface area contributed by atoms with Crippen LogP contribution >= 0.6 is 0 Å². The second-order valence-corrected chi connectivity index (χ2v) is 5.32. The Bertz CT molecular complexity index is 587. The molecule has 0 saturated carbocycles. The number of nitrogens with two attached hydrogens (primary N) is 1. The van der Waals surface area contributed by atoms with Crippen LogP contribution in [0.15, 0.2) is 17.4 Å². The van der Waals surface area contributed by atoms with Crippen LogP contribution in [0.25, 0.3) is 0 Å². The van der Waals surface area contributed by atoms with Crippen LogP contribution in [-0.4, -0.2) is 46.2 Å². The molecular weight excluding hydrogens is 278 g/mol.